The van der Waals surface area contributed by atoms with E-state index in [9.17, 15) is 9.59 Å². The number of hydrogen-bond donors (Lipinski definition) is 0. The molecule has 27 heavy (non-hydrogen) atoms. The van der Waals surface area contributed by atoms with Gasteiger partial charge in [0.15, 0.2) is 0 Å². The fraction of sp³-hybridized carbons (Fsp3) is 0.478. The Labute approximate surface area is 162 Å². The molecule has 0 bridgehead atoms. The summed E-state index contributed by atoms with van der Waals surface area (Å²) in [6.07, 6.45) is 9.09. The zero-order valence-corrected chi connectivity index (χ0v) is 16.8. The lowest BCUT2D eigenvalue weighted by Gasteiger charge is -2.31. The lowest BCUT2D eigenvalue weighted by molar-refractivity contribution is -0.132. The van der Waals surface area contributed by atoms with E-state index in [1.54, 1.807) is 0 Å². The van der Waals surface area contributed by atoms with E-state index in [-0.39, 0.29) is 23.8 Å². The van der Waals surface area contributed by atoms with Gasteiger partial charge in [0.05, 0.1) is 0 Å². The number of carbonyl (C=O) groups is 2. The molecule has 2 rings (SSSR count). The van der Waals surface area contributed by atoms with Crippen LogP contribution in [-0.4, -0.2) is 11.9 Å². The van der Waals surface area contributed by atoms with Crippen LogP contribution in [0.2, 0.25) is 0 Å². The highest BCUT2D eigenvalue weighted by atomic mass is 16.5. The van der Waals surface area contributed by atoms with Crippen molar-refractivity contribution < 1.29 is 19.1 Å². The third-order valence-electron chi connectivity index (χ3n) is 4.88. The van der Waals surface area contributed by atoms with Crippen LogP contribution >= 0.6 is 0 Å². The number of unbranched alkanes of at least 4 members (excludes halogenated alkanes) is 1. The summed E-state index contributed by atoms with van der Waals surface area (Å²) in [6, 6.07) is 3.83. The Bertz CT molecular complexity index is 708. The van der Waals surface area contributed by atoms with Crippen LogP contribution in [0.5, 0.6) is 11.5 Å². The summed E-state index contributed by atoms with van der Waals surface area (Å²) in [4.78, 5) is 23.5. The highest BCUT2D eigenvalue weighted by Gasteiger charge is 2.30. The maximum Gasteiger partial charge on any atom is 0.308 e. The van der Waals surface area contributed by atoms with Crippen molar-refractivity contribution in [3.8, 4) is 11.5 Å². The molecule has 0 spiro atoms. The third kappa shape index (κ3) is 5.56. The van der Waals surface area contributed by atoms with Gasteiger partial charge in [0.25, 0.3) is 0 Å². The summed E-state index contributed by atoms with van der Waals surface area (Å²) in [6.45, 7) is 11.1. The first-order valence-electron chi connectivity index (χ1n) is 9.69. The van der Waals surface area contributed by atoms with Crippen molar-refractivity contribution in [2.75, 3.05) is 0 Å². The molecule has 0 fully saturated rings. The predicted molar refractivity (Wildman–Crippen MR) is 107 cm³/mol. The Morgan fingerprint density at radius 1 is 1.11 bits per heavy atom. The van der Waals surface area contributed by atoms with E-state index in [2.05, 4.69) is 25.7 Å². The predicted octanol–water partition coefficient (Wildman–Crippen LogP) is 5.51. The number of hydrogen-bond acceptors (Lipinski definition) is 4. The summed E-state index contributed by atoms with van der Waals surface area (Å²) < 4.78 is 11.2. The summed E-state index contributed by atoms with van der Waals surface area (Å²) in [5.41, 5.74) is 2.83. The van der Waals surface area contributed by atoms with Crippen molar-refractivity contribution in [1.29, 1.82) is 0 Å². The lowest BCUT2D eigenvalue weighted by Crippen LogP contribution is -2.19. The molecule has 4 nitrogen and oxygen atoms in total. The summed E-state index contributed by atoms with van der Waals surface area (Å²) in [7, 11) is 0. The number of benzene rings is 1. The first-order valence-corrected chi connectivity index (χ1v) is 9.69. The van der Waals surface area contributed by atoms with E-state index < -0.39 is 0 Å². The van der Waals surface area contributed by atoms with Crippen LogP contribution in [0.1, 0.15) is 70.4 Å². The van der Waals surface area contributed by atoms with Crippen molar-refractivity contribution in [3.63, 3.8) is 0 Å². The van der Waals surface area contributed by atoms with Crippen LogP contribution in [0.4, 0.5) is 0 Å². The van der Waals surface area contributed by atoms with Crippen LogP contribution in [0.25, 0.3) is 0 Å². The quantitative estimate of drug-likeness (QED) is 0.361. The lowest BCUT2D eigenvalue weighted by atomic mass is 9.75. The molecule has 1 aliphatic carbocycles. The van der Waals surface area contributed by atoms with Gasteiger partial charge in [0.1, 0.15) is 11.5 Å². The molecule has 1 aromatic carbocycles. The van der Waals surface area contributed by atoms with Gasteiger partial charge in [-0.1, -0.05) is 37.6 Å². The van der Waals surface area contributed by atoms with E-state index >= 15 is 0 Å². The van der Waals surface area contributed by atoms with E-state index in [0.29, 0.717) is 11.5 Å². The number of esters is 2. The van der Waals surface area contributed by atoms with Crippen LogP contribution in [0.15, 0.2) is 36.4 Å². The molecule has 0 N–H and O–H groups in total. The first kappa shape index (κ1) is 20.9. The molecule has 0 saturated heterocycles. The number of rotatable bonds is 7. The van der Waals surface area contributed by atoms with Crippen molar-refractivity contribution in [2.24, 2.45) is 5.92 Å². The van der Waals surface area contributed by atoms with Gasteiger partial charge in [-0.15, -0.1) is 0 Å². The van der Waals surface area contributed by atoms with Gasteiger partial charge in [-0.3, -0.25) is 9.59 Å². The zero-order valence-electron chi connectivity index (χ0n) is 16.8. The Balaban J connectivity index is 2.64. The molecule has 1 aliphatic rings. The van der Waals surface area contributed by atoms with Crippen molar-refractivity contribution in [3.05, 3.63) is 47.6 Å². The van der Waals surface area contributed by atoms with E-state index in [1.165, 1.54) is 13.8 Å². The summed E-state index contributed by atoms with van der Waals surface area (Å²) in [5, 5.41) is 0. The maximum absolute atomic E-state index is 11.8. The molecule has 2 atom stereocenters. The minimum Gasteiger partial charge on any atom is -0.426 e. The molecule has 0 saturated carbocycles. The van der Waals surface area contributed by atoms with Crippen LogP contribution in [0, 0.1) is 5.92 Å². The van der Waals surface area contributed by atoms with Crippen LogP contribution in [-0.2, 0) is 16.0 Å². The average Bonchev–Trinajstić information content (AvgIpc) is 2.58. The highest BCUT2D eigenvalue weighted by molar-refractivity contribution is 5.73. The molecule has 0 unspecified atom stereocenters. The monoisotopic (exact) mass is 370 g/mol. The second kappa shape index (κ2) is 9.54. The number of ether oxygens (including phenoxy) is 2. The molecule has 0 radical (unpaired) electrons. The summed E-state index contributed by atoms with van der Waals surface area (Å²) >= 11 is 0. The maximum atomic E-state index is 11.8. The summed E-state index contributed by atoms with van der Waals surface area (Å²) in [5.74, 6) is 0.360. The second-order valence-electron chi connectivity index (χ2n) is 7.28. The standard InChI is InChI=1S/C23H30O4/c1-6-7-10-18-13-21(26-16(4)24)23(22(14-18)27-17(5)25)20-12-9-8-11-19(20)15(2)3/h9,12-14,19-20H,2,6-8,10-11H2,1,3-5H3/t19-,20+/m0/s1. The molecule has 1 aromatic rings. The van der Waals surface area contributed by atoms with Crippen molar-refractivity contribution >= 4 is 11.9 Å². The van der Waals surface area contributed by atoms with Gasteiger partial charge in [-0.25, -0.2) is 0 Å². The minimum atomic E-state index is -0.385. The van der Waals surface area contributed by atoms with E-state index in [4.69, 9.17) is 9.47 Å². The number of aryl methyl sites for hydroxylation is 1. The Hall–Kier alpha value is -2.36. The van der Waals surface area contributed by atoms with Crippen molar-refractivity contribution in [1.82, 2.24) is 0 Å². The molecule has 0 heterocycles. The van der Waals surface area contributed by atoms with Crippen LogP contribution in [0.3, 0.4) is 0 Å². The first-order chi connectivity index (χ1) is 12.8. The second-order valence-corrected chi connectivity index (χ2v) is 7.28. The molecule has 146 valence electrons. The fourth-order valence-corrected chi connectivity index (χ4v) is 3.67. The van der Waals surface area contributed by atoms with E-state index in [0.717, 1.165) is 48.8 Å². The molecule has 0 amide bonds. The topological polar surface area (TPSA) is 52.6 Å². The Morgan fingerprint density at radius 2 is 1.70 bits per heavy atom. The van der Waals surface area contributed by atoms with Gasteiger partial charge < -0.3 is 9.47 Å². The number of carbonyl (C=O) groups excluding carboxylic acids is 2. The SMILES string of the molecule is C=C(C)[C@@H]1CCC=C[C@H]1c1c(OC(C)=O)cc(CCCC)cc1OC(C)=O. The smallest absolute Gasteiger partial charge is 0.308 e. The largest absolute Gasteiger partial charge is 0.426 e. The Morgan fingerprint density at radius 3 is 2.19 bits per heavy atom. The van der Waals surface area contributed by atoms with Gasteiger partial charge in [0.2, 0.25) is 0 Å². The fourth-order valence-electron chi connectivity index (χ4n) is 3.67. The van der Waals surface area contributed by atoms with Gasteiger partial charge in [0, 0.05) is 25.3 Å². The van der Waals surface area contributed by atoms with Crippen molar-refractivity contribution in [2.45, 2.75) is 65.7 Å². The number of allylic oxidation sites excluding steroid dienone is 3. The Kier molecular flexibility index (Phi) is 7.40. The third-order valence-corrected chi connectivity index (χ3v) is 4.88. The molecule has 0 aromatic heterocycles. The average molecular weight is 370 g/mol. The molecular weight excluding hydrogens is 340 g/mol. The van der Waals surface area contributed by atoms with Gasteiger partial charge in [-0.2, -0.15) is 0 Å². The molecule has 4 heteroatoms. The molecule has 0 aliphatic heterocycles. The minimum absolute atomic E-state index is 0.0415. The molecular formula is C23H30O4. The highest BCUT2D eigenvalue weighted by Crippen LogP contribution is 2.46. The zero-order chi connectivity index (χ0) is 20.0. The van der Waals surface area contributed by atoms with Gasteiger partial charge in [-0.05, 0) is 56.2 Å². The van der Waals surface area contributed by atoms with Crippen LogP contribution < -0.4 is 9.47 Å². The normalized spacial score (nSPS) is 18.8. The van der Waals surface area contributed by atoms with E-state index in [1.807, 2.05) is 19.1 Å². The van der Waals surface area contributed by atoms with Gasteiger partial charge >= 0.3 is 11.9 Å².